The predicted octanol–water partition coefficient (Wildman–Crippen LogP) is 5.20. The van der Waals surface area contributed by atoms with E-state index < -0.39 is 5.97 Å². The maximum Gasteiger partial charge on any atom is 0.335 e. The van der Waals surface area contributed by atoms with Crippen LogP contribution in [0.4, 0.5) is 10.9 Å². The summed E-state index contributed by atoms with van der Waals surface area (Å²) in [6, 6.07) is 11.0. The quantitative estimate of drug-likeness (QED) is 0.551. The zero-order valence-electron chi connectivity index (χ0n) is 12.5. The number of aromatic nitrogens is 2. The monoisotopic (exact) mass is 421 g/mol. The number of nitrogens with one attached hydrogen (secondary N) is 1. The first kappa shape index (κ1) is 16.9. The van der Waals surface area contributed by atoms with E-state index in [0.717, 1.165) is 24.4 Å². The molecule has 0 unspecified atom stereocenters. The molecule has 2 N–H and O–H groups in total. The average molecular weight is 422 g/mol. The van der Waals surface area contributed by atoms with E-state index >= 15 is 0 Å². The van der Waals surface area contributed by atoms with Gasteiger partial charge in [-0.05, 0) is 52.7 Å². The summed E-state index contributed by atoms with van der Waals surface area (Å²) in [6.45, 7) is 1.79. The Kier molecular flexibility index (Phi) is 5.17. The summed E-state index contributed by atoms with van der Waals surface area (Å²) in [7, 11) is 0. The van der Waals surface area contributed by atoms with E-state index in [2.05, 4.69) is 31.2 Å². The van der Waals surface area contributed by atoms with Crippen molar-refractivity contribution in [2.45, 2.75) is 16.0 Å². The summed E-state index contributed by atoms with van der Waals surface area (Å²) in [5.74, 6) is -0.207. The van der Waals surface area contributed by atoms with Crippen LogP contribution in [0.15, 0.2) is 56.3 Å². The van der Waals surface area contributed by atoms with Crippen molar-refractivity contribution in [1.29, 1.82) is 0 Å². The molecule has 0 fully saturated rings. The van der Waals surface area contributed by atoms with Gasteiger partial charge < -0.3 is 10.4 Å². The van der Waals surface area contributed by atoms with Gasteiger partial charge in [0.15, 0.2) is 5.13 Å². The number of rotatable bonds is 5. The fourth-order valence-electron chi connectivity index (χ4n) is 1.96. The molecule has 24 heavy (non-hydrogen) atoms. The van der Waals surface area contributed by atoms with Gasteiger partial charge in [-0.3, -0.25) is 0 Å². The smallest absolute Gasteiger partial charge is 0.335 e. The molecule has 0 bridgehead atoms. The molecular weight excluding hydrogens is 410 g/mol. The molecule has 0 aliphatic heterocycles. The second kappa shape index (κ2) is 7.33. The van der Waals surface area contributed by atoms with Gasteiger partial charge in [0, 0.05) is 4.90 Å². The molecule has 1 aromatic carbocycles. The van der Waals surface area contributed by atoms with Crippen molar-refractivity contribution in [2.24, 2.45) is 0 Å². The number of hydrogen-bond donors (Lipinski definition) is 2. The normalized spacial score (nSPS) is 10.6. The highest BCUT2D eigenvalue weighted by molar-refractivity contribution is 9.10. The summed E-state index contributed by atoms with van der Waals surface area (Å²) in [4.78, 5) is 20.7. The summed E-state index contributed by atoms with van der Waals surface area (Å²) in [5.41, 5.74) is 1.07. The highest BCUT2D eigenvalue weighted by Gasteiger charge is 2.10. The summed E-state index contributed by atoms with van der Waals surface area (Å²) >= 11 is 6.30. The molecular formula is C16H12BrN3O2S2. The lowest BCUT2D eigenvalue weighted by Gasteiger charge is -2.04. The van der Waals surface area contributed by atoms with Gasteiger partial charge in [0.2, 0.25) is 0 Å². The molecule has 3 aromatic rings. The van der Waals surface area contributed by atoms with Crippen LogP contribution in [0.2, 0.25) is 0 Å². The van der Waals surface area contributed by atoms with Crippen LogP contribution in [0.25, 0.3) is 0 Å². The zero-order valence-corrected chi connectivity index (χ0v) is 15.7. The van der Waals surface area contributed by atoms with Crippen molar-refractivity contribution >= 4 is 55.9 Å². The van der Waals surface area contributed by atoms with Crippen LogP contribution in [-0.2, 0) is 0 Å². The topological polar surface area (TPSA) is 75.1 Å². The summed E-state index contributed by atoms with van der Waals surface area (Å²) in [5, 5.41) is 13.1. The van der Waals surface area contributed by atoms with E-state index in [1.54, 1.807) is 19.2 Å². The highest BCUT2D eigenvalue weighted by atomic mass is 79.9. The number of anilines is 2. The van der Waals surface area contributed by atoms with Gasteiger partial charge in [0.25, 0.3) is 0 Å². The largest absolute Gasteiger partial charge is 0.478 e. The summed E-state index contributed by atoms with van der Waals surface area (Å²) in [6.07, 6.45) is 1.76. The van der Waals surface area contributed by atoms with Gasteiger partial charge in [-0.15, -0.1) is 0 Å². The molecule has 0 radical (unpaired) electrons. The molecule has 122 valence electrons. The van der Waals surface area contributed by atoms with Crippen molar-refractivity contribution < 1.29 is 9.90 Å². The van der Waals surface area contributed by atoms with Crippen LogP contribution in [0.3, 0.4) is 0 Å². The van der Waals surface area contributed by atoms with Crippen molar-refractivity contribution in [3.63, 3.8) is 0 Å². The maximum atomic E-state index is 11.2. The van der Waals surface area contributed by atoms with E-state index in [9.17, 15) is 9.90 Å². The number of aromatic carboxylic acids is 1. The third kappa shape index (κ3) is 4.14. The second-order valence-electron chi connectivity index (χ2n) is 4.84. The van der Waals surface area contributed by atoms with E-state index in [0.29, 0.717) is 11.4 Å². The Morgan fingerprint density at radius 1 is 1.33 bits per heavy atom. The van der Waals surface area contributed by atoms with Crippen LogP contribution < -0.4 is 5.32 Å². The van der Waals surface area contributed by atoms with Crippen LogP contribution in [0.1, 0.15) is 15.9 Å². The molecule has 0 saturated carbocycles. The average Bonchev–Trinajstić information content (AvgIpc) is 2.96. The fraction of sp³-hybridized carbons (Fsp3) is 0.0625. The molecule has 2 aromatic heterocycles. The fourth-order valence-corrected chi connectivity index (χ4v) is 4.21. The molecule has 0 aliphatic rings. The maximum absolute atomic E-state index is 11.2. The van der Waals surface area contributed by atoms with E-state index in [1.807, 2.05) is 30.3 Å². The van der Waals surface area contributed by atoms with Gasteiger partial charge in [-0.25, -0.2) is 14.8 Å². The number of nitrogens with zero attached hydrogens (tertiary/aromatic N) is 2. The van der Waals surface area contributed by atoms with Crippen LogP contribution in [0.5, 0.6) is 0 Å². The first-order valence-electron chi connectivity index (χ1n) is 6.88. The van der Waals surface area contributed by atoms with Gasteiger partial charge in [-0.2, -0.15) is 0 Å². The predicted molar refractivity (Wildman–Crippen MR) is 99.6 cm³/mol. The van der Waals surface area contributed by atoms with Gasteiger partial charge in [0.1, 0.15) is 10.4 Å². The van der Waals surface area contributed by atoms with Crippen molar-refractivity contribution in [1.82, 2.24) is 9.97 Å². The molecule has 8 heteroatoms. The Morgan fingerprint density at radius 3 is 2.92 bits per heavy atom. The Hall–Kier alpha value is -1.90. The molecule has 0 saturated heterocycles. The number of benzene rings is 1. The number of aryl methyl sites for hydroxylation is 1. The zero-order chi connectivity index (χ0) is 17.1. The van der Waals surface area contributed by atoms with Crippen molar-refractivity contribution in [3.8, 4) is 0 Å². The lowest BCUT2D eigenvalue weighted by atomic mass is 10.1. The number of carbonyl (C=O) groups is 1. The number of thiazole rings is 1. The third-order valence-corrected chi connectivity index (χ3v) is 5.54. The molecule has 2 heterocycles. The Balaban J connectivity index is 1.74. The minimum absolute atomic E-state index is 0.321. The standard InChI is InChI=1S/C16H12BrN3O2S2/c1-9-5-6-10(7-11(9)15(21)22)23-14-8-18-16(24-14)20-13-4-2-3-12(17)19-13/h2-8H,1H3,(H,21,22)(H,18,19,20). The number of hydrogen-bond acceptors (Lipinski definition) is 6. The molecule has 5 nitrogen and oxygen atoms in total. The first-order chi connectivity index (χ1) is 11.5. The Bertz CT molecular complexity index is 899. The molecule has 0 amide bonds. The first-order valence-corrected chi connectivity index (χ1v) is 9.31. The van der Waals surface area contributed by atoms with Crippen LogP contribution in [-0.4, -0.2) is 21.0 Å². The van der Waals surface area contributed by atoms with Gasteiger partial charge >= 0.3 is 5.97 Å². The van der Waals surface area contributed by atoms with E-state index in [4.69, 9.17) is 0 Å². The Morgan fingerprint density at radius 2 is 2.17 bits per heavy atom. The van der Waals surface area contributed by atoms with Crippen LogP contribution >= 0.6 is 39.0 Å². The molecule has 0 aliphatic carbocycles. The number of carboxylic acid groups (broad SMARTS) is 1. The van der Waals surface area contributed by atoms with Crippen LogP contribution in [0, 0.1) is 6.92 Å². The number of carboxylic acids is 1. The minimum Gasteiger partial charge on any atom is -0.478 e. The minimum atomic E-state index is -0.915. The van der Waals surface area contributed by atoms with Crippen molar-refractivity contribution in [3.05, 3.63) is 58.3 Å². The number of pyridine rings is 1. The third-order valence-electron chi connectivity index (χ3n) is 3.09. The van der Waals surface area contributed by atoms with E-state index in [1.165, 1.54) is 23.1 Å². The Labute approximate surface area is 155 Å². The molecule has 0 spiro atoms. The highest BCUT2D eigenvalue weighted by Crippen LogP contribution is 2.35. The molecule has 0 atom stereocenters. The lowest BCUT2D eigenvalue weighted by Crippen LogP contribution is -1.99. The SMILES string of the molecule is Cc1ccc(Sc2cnc(Nc3cccc(Br)n3)s2)cc1C(=O)O. The lowest BCUT2D eigenvalue weighted by molar-refractivity contribution is 0.0696. The summed E-state index contributed by atoms with van der Waals surface area (Å²) < 4.78 is 1.71. The second-order valence-corrected chi connectivity index (χ2v) is 8.06. The number of halogens is 1. The van der Waals surface area contributed by atoms with Gasteiger partial charge in [-0.1, -0.05) is 35.2 Å². The van der Waals surface area contributed by atoms with Crippen molar-refractivity contribution in [2.75, 3.05) is 5.32 Å². The van der Waals surface area contributed by atoms with Gasteiger partial charge in [0.05, 0.1) is 16.0 Å². The van der Waals surface area contributed by atoms with E-state index in [-0.39, 0.29) is 0 Å². The molecule has 3 rings (SSSR count).